The molecule has 3 rings (SSSR count). The van der Waals surface area contributed by atoms with Gasteiger partial charge in [0.1, 0.15) is 0 Å². The number of aromatic amines is 1. The molecular formula is C15H15BrN4O2. The number of nitrogens with zero attached hydrogens (tertiary/aromatic N) is 2. The molecule has 2 heterocycles. The monoisotopic (exact) mass is 362 g/mol. The van der Waals surface area contributed by atoms with E-state index in [4.69, 9.17) is 4.84 Å². The van der Waals surface area contributed by atoms with Crippen LogP contribution in [0.5, 0.6) is 0 Å². The van der Waals surface area contributed by atoms with Crippen LogP contribution in [0.2, 0.25) is 0 Å². The smallest absolute Gasteiger partial charge is 0.268 e. The molecular weight excluding hydrogens is 348 g/mol. The zero-order chi connectivity index (χ0) is 15.7. The number of hydrogen-bond acceptors (Lipinski definition) is 4. The minimum Gasteiger partial charge on any atom is -0.382 e. The van der Waals surface area contributed by atoms with Gasteiger partial charge in [-0.3, -0.25) is 9.89 Å². The van der Waals surface area contributed by atoms with E-state index in [0.717, 1.165) is 27.1 Å². The Labute approximate surface area is 136 Å². The van der Waals surface area contributed by atoms with Crippen LogP contribution in [-0.2, 0) is 9.63 Å². The third-order valence-corrected chi connectivity index (χ3v) is 3.99. The quantitative estimate of drug-likeness (QED) is 0.880. The maximum Gasteiger partial charge on any atom is 0.268 e. The number of carbonyl (C=O) groups is 1. The number of aromatic nitrogens is 2. The highest BCUT2D eigenvalue weighted by Crippen LogP contribution is 2.22. The molecule has 0 spiro atoms. The van der Waals surface area contributed by atoms with Crippen LogP contribution in [0.15, 0.2) is 33.9 Å². The van der Waals surface area contributed by atoms with Crippen LogP contribution < -0.4 is 5.32 Å². The summed E-state index contributed by atoms with van der Waals surface area (Å²) in [5.41, 5.74) is 3.97. The van der Waals surface area contributed by atoms with E-state index in [1.165, 1.54) is 0 Å². The molecule has 1 aromatic carbocycles. The minimum atomic E-state index is -0.623. The van der Waals surface area contributed by atoms with Crippen molar-refractivity contribution in [2.24, 2.45) is 5.16 Å². The van der Waals surface area contributed by atoms with Crippen molar-refractivity contribution in [3.8, 4) is 0 Å². The predicted molar refractivity (Wildman–Crippen MR) is 86.9 cm³/mol. The minimum absolute atomic E-state index is 0.221. The molecule has 2 N–H and O–H groups in total. The summed E-state index contributed by atoms with van der Waals surface area (Å²) in [7, 11) is 0. The molecule has 1 atom stereocenters. The molecule has 2 aromatic rings. The second kappa shape index (κ2) is 5.92. The molecule has 114 valence electrons. The molecule has 7 heteroatoms. The van der Waals surface area contributed by atoms with Gasteiger partial charge in [-0.2, -0.15) is 5.10 Å². The summed E-state index contributed by atoms with van der Waals surface area (Å²) in [4.78, 5) is 17.6. The van der Waals surface area contributed by atoms with Crippen molar-refractivity contribution in [1.82, 2.24) is 10.2 Å². The van der Waals surface area contributed by atoms with E-state index in [1.54, 1.807) is 0 Å². The van der Waals surface area contributed by atoms with E-state index in [2.05, 4.69) is 36.6 Å². The van der Waals surface area contributed by atoms with Gasteiger partial charge in [0.15, 0.2) is 0 Å². The fourth-order valence-corrected chi connectivity index (χ4v) is 2.69. The highest BCUT2D eigenvalue weighted by molar-refractivity contribution is 9.10. The number of oxime groups is 1. The fourth-order valence-electron chi connectivity index (χ4n) is 2.30. The van der Waals surface area contributed by atoms with Gasteiger partial charge in [-0.25, -0.2) is 0 Å². The molecule has 0 fully saturated rings. The second-order valence-corrected chi connectivity index (χ2v) is 6.06. The molecule has 0 radical (unpaired) electrons. The molecule has 0 saturated heterocycles. The van der Waals surface area contributed by atoms with Crippen LogP contribution in [0.1, 0.15) is 23.4 Å². The zero-order valence-electron chi connectivity index (χ0n) is 12.2. The maximum atomic E-state index is 12.3. The molecule has 0 bridgehead atoms. The lowest BCUT2D eigenvalue weighted by atomic mass is 10.0. The van der Waals surface area contributed by atoms with Crippen molar-refractivity contribution < 1.29 is 9.63 Å². The van der Waals surface area contributed by atoms with E-state index >= 15 is 0 Å². The molecule has 0 aliphatic carbocycles. The highest BCUT2D eigenvalue weighted by Gasteiger charge is 2.29. The highest BCUT2D eigenvalue weighted by atomic mass is 79.9. The molecule has 6 nitrogen and oxygen atoms in total. The molecule has 1 aliphatic heterocycles. The molecule has 1 unspecified atom stereocenters. The van der Waals surface area contributed by atoms with E-state index < -0.39 is 6.10 Å². The summed E-state index contributed by atoms with van der Waals surface area (Å²) < 4.78 is 0.963. The number of nitrogens with one attached hydrogen (secondary N) is 2. The number of amides is 1. The van der Waals surface area contributed by atoms with Gasteiger partial charge in [-0.15, -0.1) is 0 Å². The van der Waals surface area contributed by atoms with Crippen LogP contribution in [0.4, 0.5) is 5.69 Å². The number of anilines is 1. The Morgan fingerprint density at radius 1 is 1.45 bits per heavy atom. The average molecular weight is 363 g/mol. The van der Waals surface area contributed by atoms with E-state index in [0.29, 0.717) is 12.1 Å². The summed E-state index contributed by atoms with van der Waals surface area (Å²) in [6.07, 6.45) is -0.180. The lowest BCUT2D eigenvalue weighted by Crippen LogP contribution is -2.28. The third-order valence-electron chi connectivity index (χ3n) is 3.50. The van der Waals surface area contributed by atoms with Crippen LogP contribution in [-0.4, -0.2) is 27.9 Å². The van der Waals surface area contributed by atoms with Gasteiger partial charge >= 0.3 is 0 Å². The summed E-state index contributed by atoms with van der Waals surface area (Å²) >= 11 is 3.42. The average Bonchev–Trinajstić information content (AvgIpc) is 3.10. The van der Waals surface area contributed by atoms with Gasteiger partial charge in [-0.05, 0) is 26.0 Å². The first kappa shape index (κ1) is 14.8. The van der Waals surface area contributed by atoms with Gasteiger partial charge in [0.05, 0.1) is 22.8 Å². The first-order valence-electron chi connectivity index (χ1n) is 6.85. The first-order chi connectivity index (χ1) is 10.5. The van der Waals surface area contributed by atoms with Crippen molar-refractivity contribution in [3.05, 3.63) is 45.7 Å². The Morgan fingerprint density at radius 3 is 2.95 bits per heavy atom. The lowest BCUT2D eigenvalue weighted by Gasteiger charge is -2.09. The number of rotatable bonds is 3. The normalized spacial score (nSPS) is 17.0. The summed E-state index contributed by atoms with van der Waals surface area (Å²) in [6, 6.07) is 7.76. The van der Waals surface area contributed by atoms with Crippen molar-refractivity contribution >= 4 is 33.2 Å². The second-order valence-electron chi connectivity index (χ2n) is 5.14. The first-order valence-corrected chi connectivity index (χ1v) is 7.65. The van der Waals surface area contributed by atoms with Crippen LogP contribution in [0.3, 0.4) is 0 Å². The van der Waals surface area contributed by atoms with Crippen LogP contribution in [0.25, 0.3) is 0 Å². The lowest BCUT2D eigenvalue weighted by molar-refractivity contribution is -0.125. The summed E-state index contributed by atoms with van der Waals surface area (Å²) in [6.45, 7) is 3.69. The maximum absolute atomic E-state index is 12.3. The number of hydrogen-bond donors (Lipinski definition) is 2. The van der Waals surface area contributed by atoms with Gasteiger partial charge in [0, 0.05) is 16.5 Å². The fraction of sp³-hybridized carbons (Fsp3) is 0.267. The number of halogens is 1. The number of carbonyl (C=O) groups excluding carboxylic acids is 1. The van der Waals surface area contributed by atoms with Crippen molar-refractivity contribution in [2.45, 2.75) is 26.4 Å². The van der Waals surface area contributed by atoms with Crippen LogP contribution in [0, 0.1) is 13.8 Å². The van der Waals surface area contributed by atoms with E-state index in [1.807, 2.05) is 38.1 Å². The van der Waals surface area contributed by atoms with E-state index in [9.17, 15) is 4.79 Å². The number of benzene rings is 1. The SMILES string of the molecule is Cc1n[nH]c(C)c1NC(=O)C1CC(c2cccc(Br)c2)=NO1. The number of H-pyrrole nitrogens is 1. The third kappa shape index (κ3) is 2.89. The van der Waals surface area contributed by atoms with Gasteiger partial charge in [-0.1, -0.05) is 33.2 Å². The Bertz CT molecular complexity index is 734. The molecule has 1 aliphatic rings. The Kier molecular flexibility index (Phi) is 3.98. The summed E-state index contributed by atoms with van der Waals surface area (Å²) in [5.74, 6) is -0.221. The number of aryl methyl sites for hydroxylation is 2. The predicted octanol–water partition coefficient (Wildman–Crippen LogP) is 2.92. The molecule has 1 aromatic heterocycles. The van der Waals surface area contributed by atoms with Gasteiger partial charge in [0.25, 0.3) is 5.91 Å². The van der Waals surface area contributed by atoms with Gasteiger partial charge in [0.2, 0.25) is 6.10 Å². The summed E-state index contributed by atoms with van der Waals surface area (Å²) in [5, 5.41) is 13.8. The van der Waals surface area contributed by atoms with Crippen molar-refractivity contribution in [1.29, 1.82) is 0 Å². The van der Waals surface area contributed by atoms with Gasteiger partial charge < -0.3 is 10.2 Å². The molecule has 22 heavy (non-hydrogen) atoms. The largest absolute Gasteiger partial charge is 0.382 e. The Morgan fingerprint density at radius 2 is 2.27 bits per heavy atom. The van der Waals surface area contributed by atoms with E-state index in [-0.39, 0.29) is 5.91 Å². The van der Waals surface area contributed by atoms with Crippen molar-refractivity contribution in [3.63, 3.8) is 0 Å². The van der Waals surface area contributed by atoms with Crippen molar-refractivity contribution in [2.75, 3.05) is 5.32 Å². The van der Waals surface area contributed by atoms with Crippen LogP contribution >= 0.6 is 15.9 Å². The standard InChI is InChI=1S/C15H15BrN4O2/c1-8-14(9(2)19-18-8)17-15(21)13-7-12(20-22-13)10-4-3-5-11(16)6-10/h3-6,13H,7H2,1-2H3,(H,17,21)(H,18,19). The Balaban J connectivity index is 1.68. The Hall–Kier alpha value is -2.15. The molecule has 0 saturated carbocycles. The molecule has 1 amide bonds. The topological polar surface area (TPSA) is 79.4 Å². The zero-order valence-corrected chi connectivity index (χ0v) is 13.8.